The molecule has 0 amide bonds. The molecule has 3 rings (SSSR count). The first kappa shape index (κ1) is 14.4. The average Bonchev–Trinajstić information content (AvgIpc) is 2.74. The fourth-order valence-electron chi connectivity index (χ4n) is 3.70. The van der Waals surface area contributed by atoms with Gasteiger partial charge in [0.1, 0.15) is 0 Å². The standard InChI is InChI=1S/C17H25N3O/c1-4-9-19(10-5-2)14-11-13-7-6-8-15-16(13)20(12-14)17(21)18(15)3/h6-8,14H,4-5,9-12H2,1-3H3. The molecule has 2 heterocycles. The zero-order valence-corrected chi connectivity index (χ0v) is 13.3. The molecular formula is C17H25N3O. The lowest BCUT2D eigenvalue weighted by Crippen LogP contribution is -2.44. The molecule has 0 bridgehead atoms. The Hall–Kier alpha value is -1.55. The van der Waals surface area contributed by atoms with Crippen molar-refractivity contribution in [2.45, 2.75) is 45.7 Å². The summed E-state index contributed by atoms with van der Waals surface area (Å²) < 4.78 is 3.77. The number of imidazole rings is 1. The van der Waals surface area contributed by atoms with Crippen LogP contribution in [-0.4, -0.2) is 33.2 Å². The van der Waals surface area contributed by atoms with Crippen molar-refractivity contribution in [1.29, 1.82) is 0 Å². The Balaban J connectivity index is 2.03. The molecule has 114 valence electrons. The van der Waals surface area contributed by atoms with Crippen LogP contribution in [-0.2, 0) is 20.0 Å². The van der Waals surface area contributed by atoms with E-state index in [0.29, 0.717) is 6.04 Å². The van der Waals surface area contributed by atoms with Gasteiger partial charge in [-0.3, -0.25) is 14.0 Å². The third-order valence-electron chi connectivity index (χ3n) is 4.63. The van der Waals surface area contributed by atoms with Crippen LogP contribution in [0.25, 0.3) is 11.0 Å². The summed E-state index contributed by atoms with van der Waals surface area (Å²) in [6.45, 7) is 7.52. The van der Waals surface area contributed by atoms with Crippen LogP contribution in [0.5, 0.6) is 0 Å². The number of hydrogen-bond acceptors (Lipinski definition) is 2. The molecule has 0 fully saturated rings. The van der Waals surface area contributed by atoms with Gasteiger partial charge in [-0.2, -0.15) is 0 Å². The molecule has 1 unspecified atom stereocenters. The van der Waals surface area contributed by atoms with E-state index in [9.17, 15) is 4.79 Å². The SMILES string of the molecule is CCCN(CCC)C1Cc2cccc3c2n(c(=O)n3C)C1. The molecule has 1 aliphatic rings. The lowest BCUT2D eigenvalue weighted by Gasteiger charge is -2.34. The lowest BCUT2D eigenvalue weighted by atomic mass is 9.99. The van der Waals surface area contributed by atoms with E-state index in [1.54, 1.807) is 4.57 Å². The Morgan fingerprint density at radius 2 is 1.95 bits per heavy atom. The van der Waals surface area contributed by atoms with Crippen LogP contribution in [0, 0.1) is 0 Å². The lowest BCUT2D eigenvalue weighted by molar-refractivity contribution is 0.172. The molecule has 0 saturated carbocycles. The minimum atomic E-state index is 0.120. The van der Waals surface area contributed by atoms with Crippen LogP contribution < -0.4 is 5.69 Å². The highest BCUT2D eigenvalue weighted by molar-refractivity contribution is 5.80. The number of rotatable bonds is 5. The molecule has 0 saturated heterocycles. The van der Waals surface area contributed by atoms with Gasteiger partial charge in [-0.1, -0.05) is 26.0 Å². The molecule has 1 aliphatic heterocycles. The van der Waals surface area contributed by atoms with Gasteiger partial charge in [0.05, 0.1) is 11.0 Å². The van der Waals surface area contributed by atoms with E-state index in [4.69, 9.17) is 0 Å². The van der Waals surface area contributed by atoms with Gasteiger partial charge in [-0.15, -0.1) is 0 Å². The maximum atomic E-state index is 12.5. The third-order valence-corrected chi connectivity index (χ3v) is 4.63. The maximum Gasteiger partial charge on any atom is 0.328 e. The number of para-hydroxylation sites is 1. The first-order valence-corrected chi connectivity index (χ1v) is 8.08. The number of aromatic nitrogens is 2. The van der Waals surface area contributed by atoms with E-state index in [1.165, 1.54) is 5.56 Å². The van der Waals surface area contributed by atoms with E-state index in [0.717, 1.165) is 49.9 Å². The summed E-state index contributed by atoms with van der Waals surface area (Å²) in [6, 6.07) is 6.75. The van der Waals surface area contributed by atoms with Crippen LogP contribution in [0.2, 0.25) is 0 Å². The van der Waals surface area contributed by atoms with Gasteiger partial charge in [0.2, 0.25) is 0 Å². The number of aryl methyl sites for hydroxylation is 1. The van der Waals surface area contributed by atoms with Gasteiger partial charge in [0, 0.05) is 19.6 Å². The van der Waals surface area contributed by atoms with E-state index in [2.05, 4.69) is 30.9 Å². The van der Waals surface area contributed by atoms with Gasteiger partial charge in [0.15, 0.2) is 0 Å². The van der Waals surface area contributed by atoms with Crippen molar-refractivity contribution >= 4 is 11.0 Å². The summed E-state index contributed by atoms with van der Waals surface area (Å²) in [6.07, 6.45) is 3.38. The highest BCUT2D eigenvalue weighted by Gasteiger charge is 2.27. The summed E-state index contributed by atoms with van der Waals surface area (Å²) in [4.78, 5) is 15.1. The van der Waals surface area contributed by atoms with Gasteiger partial charge in [-0.05, 0) is 44.0 Å². The first-order valence-electron chi connectivity index (χ1n) is 8.08. The third kappa shape index (κ3) is 2.31. The Bertz CT molecular complexity index is 692. The first-order chi connectivity index (χ1) is 10.2. The molecule has 0 radical (unpaired) electrons. The molecule has 21 heavy (non-hydrogen) atoms. The van der Waals surface area contributed by atoms with Crippen molar-refractivity contribution in [3.8, 4) is 0 Å². The van der Waals surface area contributed by atoms with Crippen LogP contribution in [0.1, 0.15) is 32.3 Å². The minimum absolute atomic E-state index is 0.120. The topological polar surface area (TPSA) is 30.2 Å². The van der Waals surface area contributed by atoms with Crippen LogP contribution >= 0.6 is 0 Å². The van der Waals surface area contributed by atoms with Crippen molar-refractivity contribution in [1.82, 2.24) is 14.0 Å². The fourth-order valence-corrected chi connectivity index (χ4v) is 3.70. The quantitative estimate of drug-likeness (QED) is 0.845. The van der Waals surface area contributed by atoms with Crippen LogP contribution in [0.4, 0.5) is 0 Å². The molecule has 1 atom stereocenters. The van der Waals surface area contributed by atoms with E-state index in [1.807, 2.05) is 17.7 Å². The normalized spacial score (nSPS) is 17.8. The summed E-state index contributed by atoms with van der Waals surface area (Å²) >= 11 is 0. The monoisotopic (exact) mass is 287 g/mol. The zero-order chi connectivity index (χ0) is 15.0. The molecule has 1 aromatic carbocycles. The molecule has 0 aliphatic carbocycles. The van der Waals surface area contributed by atoms with Crippen molar-refractivity contribution in [2.75, 3.05) is 13.1 Å². The molecule has 0 spiro atoms. The van der Waals surface area contributed by atoms with Crippen molar-refractivity contribution < 1.29 is 0 Å². The summed E-state index contributed by atoms with van der Waals surface area (Å²) in [7, 11) is 1.88. The minimum Gasteiger partial charge on any atom is -0.298 e. The summed E-state index contributed by atoms with van der Waals surface area (Å²) in [5, 5.41) is 0. The second-order valence-corrected chi connectivity index (χ2v) is 6.13. The fraction of sp³-hybridized carbons (Fsp3) is 0.588. The van der Waals surface area contributed by atoms with Crippen molar-refractivity contribution in [2.24, 2.45) is 7.05 Å². The van der Waals surface area contributed by atoms with Gasteiger partial charge in [-0.25, -0.2) is 4.79 Å². The van der Waals surface area contributed by atoms with E-state index >= 15 is 0 Å². The average molecular weight is 287 g/mol. The molecule has 2 aromatic rings. The van der Waals surface area contributed by atoms with E-state index < -0.39 is 0 Å². The number of hydrogen-bond donors (Lipinski definition) is 0. The van der Waals surface area contributed by atoms with Crippen LogP contribution in [0.15, 0.2) is 23.0 Å². The zero-order valence-electron chi connectivity index (χ0n) is 13.3. The molecule has 4 nitrogen and oxygen atoms in total. The molecule has 4 heteroatoms. The predicted octanol–water partition coefficient (Wildman–Crippen LogP) is 2.39. The predicted molar refractivity (Wildman–Crippen MR) is 86.8 cm³/mol. The summed E-state index contributed by atoms with van der Waals surface area (Å²) in [5.74, 6) is 0. The Morgan fingerprint density at radius 1 is 1.24 bits per heavy atom. The Kier molecular flexibility index (Phi) is 3.89. The second kappa shape index (κ2) is 5.68. The van der Waals surface area contributed by atoms with Crippen molar-refractivity contribution in [3.63, 3.8) is 0 Å². The van der Waals surface area contributed by atoms with Gasteiger partial charge >= 0.3 is 5.69 Å². The Labute approximate surface area is 126 Å². The molecular weight excluding hydrogens is 262 g/mol. The maximum absolute atomic E-state index is 12.5. The summed E-state index contributed by atoms with van der Waals surface area (Å²) in [5.41, 5.74) is 3.65. The van der Waals surface area contributed by atoms with Crippen molar-refractivity contribution in [3.05, 3.63) is 34.2 Å². The van der Waals surface area contributed by atoms with Gasteiger partial charge < -0.3 is 0 Å². The van der Waals surface area contributed by atoms with E-state index in [-0.39, 0.29) is 5.69 Å². The highest BCUT2D eigenvalue weighted by Crippen LogP contribution is 2.26. The van der Waals surface area contributed by atoms with Gasteiger partial charge in [0.25, 0.3) is 0 Å². The van der Waals surface area contributed by atoms with Crippen LogP contribution in [0.3, 0.4) is 0 Å². The Morgan fingerprint density at radius 3 is 2.62 bits per heavy atom. The second-order valence-electron chi connectivity index (χ2n) is 6.13. The number of benzene rings is 1. The molecule has 0 N–H and O–H groups in total. The number of nitrogens with zero attached hydrogens (tertiary/aromatic N) is 3. The smallest absolute Gasteiger partial charge is 0.298 e. The molecule has 1 aromatic heterocycles. The highest BCUT2D eigenvalue weighted by atomic mass is 16.1. The largest absolute Gasteiger partial charge is 0.328 e.